The highest BCUT2D eigenvalue weighted by Crippen LogP contribution is 2.21. The van der Waals surface area contributed by atoms with Crippen molar-refractivity contribution in [1.29, 1.82) is 0 Å². The third-order valence-corrected chi connectivity index (χ3v) is 3.66. The molecular formula is C15H19BrN4O. The number of carbonyl (C=O) groups excluding carboxylic acids is 1. The number of nitrogens with one attached hydrogen (secondary N) is 2. The minimum atomic E-state index is -0.0726. The van der Waals surface area contributed by atoms with Gasteiger partial charge in [-0.3, -0.25) is 4.79 Å². The lowest BCUT2D eigenvalue weighted by Gasteiger charge is -2.10. The molecule has 0 aliphatic heterocycles. The molecule has 6 heteroatoms. The Morgan fingerprint density at radius 1 is 1.38 bits per heavy atom. The topological polar surface area (TPSA) is 59.0 Å². The summed E-state index contributed by atoms with van der Waals surface area (Å²) in [6.07, 6.45) is 4.61. The van der Waals surface area contributed by atoms with Gasteiger partial charge in [0.1, 0.15) is 12.4 Å². The highest BCUT2D eigenvalue weighted by atomic mass is 79.9. The van der Waals surface area contributed by atoms with Crippen LogP contribution in [0.4, 0.5) is 5.69 Å². The van der Waals surface area contributed by atoms with Crippen LogP contribution < -0.4 is 10.6 Å². The first-order valence-corrected chi connectivity index (χ1v) is 7.75. The van der Waals surface area contributed by atoms with E-state index in [1.807, 2.05) is 35.0 Å². The second kappa shape index (κ2) is 7.95. The first-order chi connectivity index (χ1) is 10.2. The Bertz CT molecular complexity index is 597. The van der Waals surface area contributed by atoms with E-state index in [9.17, 15) is 4.79 Å². The molecule has 0 saturated carbocycles. The Kier molecular flexibility index (Phi) is 5.95. The fraction of sp³-hybridized carbons (Fsp3) is 0.333. The number of hydrogen-bond donors (Lipinski definition) is 2. The zero-order valence-corrected chi connectivity index (χ0v) is 13.6. The summed E-state index contributed by atoms with van der Waals surface area (Å²) in [6, 6.07) is 7.55. The highest BCUT2D eigenvalue weighted by Gasteiger charge is 2.09. The first-order valence-electron chi connectivity index (χ1n) is 6.95. The summed E-state index contributed by atoms with van der Waals surface area (Å²) in [6.45, 7) is 3.98. The quantitative estimate of drug-likeness (QED) is 0.755. The number of aromatic nitrogens is 2. The SMILES string of the molecule is CCCNCc1nccn1CC(=O)Nc1ccccc1Br. The van der Waals surface area contributed by atoms with Crippen LogP contribution in [0, 0.1) is 0 Å². The summed E-state index contributed by atoms with van der Waals surface area (Å²) < 4.78 is 2.73. The van der Waals surface area contributed by atoms with Crippen molar-refractivity contribution >= 4 is 27.5 Å². The number of nitrogens with zero attached hydrogens (tertiary/aromatic N) is 2. The Morgan fingerprint density at radius 2 is 2.19 bits per heavy atom. The Hall–Kier alpha value is -1.66. The van der Waals surface area contributed by atoms with Gasteiger partial charge >= 0.3 is 0 Å². The van der Waals surface area contributed by atoms with Gasteiger partial charge in [0, 0.05) is 16.9 Å². The molecule has 0 radical (unpaired) electrons. The van der Waals surface area contributed by atoms with Gasteiger partial charge in [-0.2, -0.15) is 0 Å². The number of para-hydroxylation sites is 1. The second-order valence-corrected chi connectivity index (χ2v) is 5.53. The molecule has 1 aromatic carbocycles. The summed E-state index contributed by atoms with van der Waals surface area (Å²) >= 11 is 3.42. The maximum Gasteiger partial charge on any atom is 0.244 e. The number of imidazole rings is 1. The van der Waals surface area contributed by atoms with Crippen molar-refractivity contribution < 1.29 is 4.79 Å². The van der Waals surface area contributed by atoms with Crippen molar-refractivity contribution in [3.63, 3.8) is 0 Å². The van der Waals surface area contributed by atoms with E-state index in [1.54, 1.807) is 6.20 Å². The molecule has 112 valence electrons. The normalized spacial score (nSPS) is 10.6. The molecule has 1 heterocycles. The van der Waals surface area contributed by atoms with Gasteiger partial charge in [-0.25, -0.2) is 4.98 Å². The van der Waals surface area contributed by atoms with E-state index < -0.39 is 0 Å². The third kappa shape index (κ3) is 4.68. The smallest absolute Gasteiger partial charge is 0.244 e. The number of anilines is 1. The number of carbonyl (C=O) groups is 1. The Labute approximate surface area is 132 Å². The molecule has 2 N–H and O–H groups in total. The van der Waals surface area contributed by atoms with Crippen LogP contribution in [0.2, 0.25) is 0 Å². The molecule has 0 bridgehead atoms. The van der Waals surface area contributed by atoms with E-state index >= 15 is 0 Å². The predicted molar refractivity (Wildman–Crippen MR) is 87.0 cm³/mol. The molecule has 1 amide bonds. The van der Waals surface area contributed by atoms with Crippen LogP contribution in [0.15, 0.2) is 41.1 Å². The van der Waals surface area contributed by atoms with E-state index in [4.69, 9.17) is 0 Å². The van der Waals surface area contributed by atoms with Crippen LogP contribution in [0.5, 0.6) is 0 Å². The van der Waals surface area contributed by atoms with Gasteiger partial charge in [0.05, 0.1) is 12.2 Å². The average molecular weight is 351 g/mol. The fourth-order valence-corrected chi connectivity index (χ4v) is 2.32. The van der Waals surface area contributed by atoms with Crippen LogP contribution >= 0.6 is 15.9 Å². The molecule has 0 atom stereocenters. The van der Waals surface area contributed by atoms with Crippen LogP contribution in [0.25, 0.3) is 0 Å². The van der Waals surface area contributed by atoms with Gasteiger partial charge < -0.3 is 15.2 Å². The summed E-state index contributed by atoms with van der Waals surface area (Å²) in [5.41, 5.74) is 0.772. The zero-order valence-electron chi connectivity index (χ0n) is 12.0. The molecule has 0 saturated heterocycles. The van der Waals surface area contributed by atoms with E-state index in [1.165, 1.54) is 0 Å². The molecule has 0 fully saturated rings. The van der Waals surface area contributed by atoms with Gasteiger partial charge in [0.25, 0.3) is 0 Å². The molecule has 2 aromatic rings. The monoisotopic (exact) mass is 350 g/mol. The van der Waals surface area contributed by atoms with Crippen molar-refractivity contribution in [1.82, 2.24) is 14.9 Å². The largest absolute Gasteiger partial charge is 0.324 e. The van der Waals surface area contributed by atoms with Crippen LogP contribution in [-0.2, 0) is 17.9 Å². The van der Waals surface area contributed by atoms with Crippen molar-refractivity contribution in [3.8, 4) is 0 Å². The highest BCUT2D eigenvalue weighted by molar-refractivity contribution is 9.10. The fourth-order valence-electron chi connectivity index (χ4n) is 1.94. The molecule has 21 heavy (non-hydrogen) atoms. The molecule has 0 unspecified atom stereocenters. The standard InChI is InChI=1S/C15H19BrN4O/c1-2-7-17-10-14-18-8-9-20(14)11-15(21)19-13-6-4-3-5-12(13)16/h3-6,8-9,17H,2,7,10-11H2,1H3,(H,19,21). The Balaban J connectivity index is 1.94. The average Bonchev–Trinajstić information content (AvgIpc) is 2.89. The molecule has 2 rings (SSSR count). The minimum Gasteiger partial charge on any atom is -0.324 e. The number of amides is 1. The minimum absolute atomic E-state index is 0.0726. The molecule has 0 aliphatic rings. The van der Waals surface area contributed by atoms with Gasteiger partial charge in [-0.15, -0.1) is 0 Å². The van der Waals surface area contributed by atoms with Crippen LogP contribution in [-0.4, -0.2) is 22.0 Å². The van der Waals surface area contributed by atoms with E-state index in [0.29, 0.717) is 6.54 Å². The molecule has 5 nitrogen and oxygen atoms in total. The summed E-state index contributed by atoms with van der Waals surface area (Å²) in [5.74, 6) is 0.794. The number of benzene rings is 1. The summed E-state index contributed by atoms with van der Waals surface area (Å²) in [5, 5.41) is 6.18. The summed E-state index contributed by atoms with van der Waals surface area (Å²) in [4.78, 5) is 16.4. The van der Waals surface area contributed by atoms with E-state index in [-0.39, 0.29) is 12.5 Å². The summed E-state index contributed by atoms with van der Waals surface area (Å²) in [7, 11) is 0. The van der Waals surface area contributed by atoms with Gasteiger partial charge in [0.2, 0.25) is 5.91 Å². The van der Waals surface area contributed by atoms with Gasteiger partial charge in [-0.05, 0) is 41.0 Å². The molecule has 1 aromatic heterocycles. The Morgan fingerprint density at radius 3 is 2.95 bits per heavy atom. The van der Waals surface area contributed by atoms with Crippen molar-refractivity contribution in [2.24, 2.45) is 0 Å². The number of rotatable bonds is 7. The second-order valence-electron chi connectivity index (χ2n) is 4.68. The van der Waals surface area contributed by atoms with Crippen molar-refractivity contribution in [2.45, 2.75) is 26.4 Å². The van der Waals surface area contributed by atoms with E-state index in [2.05, 4.69) is 38.5 Å². The van der Waals surface area contributed by atoms with Crippen LogP contribution in [0.1, 0.15) is 19.2 Å². The maximum atomic E-state index is 12.1. The predicted octanol–water partition coefficient (Wildman–Crippen LogP) is 2.78. The van der Waals surface area contributed by atoms with Crippen molar-refractivity contribution in [2.75, 3.05) is 11.9 Å². The molecular weight excluding hydrogens is 332 g/mol. The van der Waals surface area contributed by atoms with Gasteiger partial charge in [0.15, 0.2) is 0 Å². The molecule has 0 spiro atoms. The lowest BCUT2D eigenvalue weighted by atomic mass is 10.3. The zero-order chi connectivity index (χ0) is 15.1. The van der Waals surface area contributed by atoms with Gasteiger partial charge in [-0.1, -0.05) is 19.1 Å². The lowest BCUT2D eigenvalue weighted by Crippen LogP contribution is -2.23. The number of halogens is 1. The van der Waals surface area contributed by atoms with Crippen molar-refractivity contribution in [3.05, 3.63) is 47.0 Å². The maximum absolute atomic E-state index is 12.1. The lowest BCUT2D eigenvalue weighted by molar-refractivity contribution is -0.116. The first kappa shape index (κ1) is 15.7. The third-order valence-electron chi connectivity index (χ3n) is 2.97. The van der Waals surface area contributed by atoms with E-state index in [0.717, 1.165) is 29.0 Å². The molecule has 0 aliphatic carbocycles. The van der Waals surface area contributed by atoms with Crippen LogP contribution in [0.3, 0.4) is 0 Å². The number of hydrogen-bond acceptors (Lipinski definition) is 3.